The fraction of sp³-hybridized carbons (Fsp3) is 0.174. The molecule has 8 heteroatoms. The lowest BCUT2D eigenvalue weighted by molar-refractivity contribution is -0.133. The van der Waals surface area contributed by atoms with Crippen LogP contribution in [0.25, 0.3) is 0 Å². The molecule has 3 aromatic rings. The molecule has 0 bridgehead atoms. The number of hydrogen-bond donors (Lipinski definition) is 0. The number of halogens is 2. The van der Waals surface area contributed by atoms with Gasteiger partial charge in [0.2, 0.25) is 0 Å². The van der Waals surface area contributed by atoms with Gasteiger partial charge in [-0.1, -0.05) is 36.4 Å². The lowest BCUT2D eigenvalue weighted by atomic mass is 10.0. The first kappa shape index (κ1) is 20.9. The topological polar surface area (TPSA) is 53.0 Å². The Morgan fingerprint density at radius 3 is 2.45 bits per heavy atom. The molecule has 1 aliphatic heterocycles. The second kappa shape index (κ2) is 8.77. The van der Waals surface area contributed by atoms with Crippen LogP contribution < -0.4 is 0 Å². The largest absolute Gasteiger partial charge is 0.332 e. The zero-order valence-electron chi connectivity index (χ0n) is 16.7. The molecule has 1 aromatic heterocycles. The molecule has 0 aliphatic carbocycles. The van der Waals surface area contributed by atoms with Crippen LogP contribution in [0.3, 0.4) is 0 Å². The average Bonchev–Trinajstić information content (AvgIpc) is 3.44. The van der Waals surface area contributed by atoms with Crippen LogP contribution in [0.4, 0.5) is 8.78 Å². The van der Waals surface area contributed by atoms with Crippen molar-refractivity contribution in [1.82, 2.24) is 9.91 Å². The minimum Gasteiger partial charge on any atom is -0.332 e. The molecule has 0 fully saturated rings. The number of rotatable bonds is 5. The van der Waals surface area contributed by atoms with Gasteiger partial charge in [-0.3, -0.25) is 9.59 Å². The lowest BCUT2D eigenvalue weighted by Crippen LogP contribution is -2.39. The van der Waals surface area contributed by atoms with E-state index in [4.69, 9.17) is 0 Å². The smallest absolute Gasteiger partial charge is 0.262 e. The number of hydrogen-bond acceptors (Lipinski definition) is 4. The van der Waals surface area contributed by atoms with Gasteiger partial charge in [0, 0.05) is 23.9 Å². The van der Waals surface area contributed by atoms with Crippen LogP contribution in [-0.4, -0.2) is 41.0 Å². The van der Waals surface area contributed by atoms with E-state index in [1.807, 2.05) is 17.5 Å². The third-order valence-electron chi connectivity index (χ3n) is 5.05. The highest BCUT2D eigenvalue weighted by molar-refractivity contribution is 7.10. The average molecular weight is 439 g/mol. The number of nitrogens with zero attached hydrogens (tertiary/aromatic N) is 3. The zero-order chi connectivity index (χ0) is 22.0. The van der Waals surface area contributed by atoms with E-state index in [2.05, 4.69) is 5.10 Å². The van der Waals surface area contributed by atoms with E-state index < -0.39 is 23.4 Å². The summed E-state index contributed by atoms with van der Waals surface area (Å²) in [6.45, 7) is -0.289. The van der Waals surface area contributed by atoms with Crippen molar-refractivity contribution in [2.45, 2.75) is 12.5 Å². The molecule has 0 radical (unpaired) electrons. The third kappa shape index (κ3) is 4.25. The second-order valence-corrected chi connectivity index (χ2v) is 8.12. The van der Waals surface area contributed by atoms with E-state index >= 15 is 0 Å². The van der Waals surface area contributed by atoms with Crippen LogP contribution in [0.5, 0.6) is 0 Å². The summed E-state index contributed by atoms with van der Waals surface area (Å²) in [6.07, 6.45) is 0.359. The molecule has 0 saturated heterocycles. The van der Waals surface area contributed by atoms with Gasteiger partial charge in [-0.05, 0) is 29.6 Å². The van der Waals surface area contributed by atoms with Gasteiger partial charge in [0.15, 0.2) is 0 Å². The fourth-order valence-corrected chi connectivity index (χ4v) is 4.30. The molecule has 2 heterocycles. The first-order chi connectivity index (χ1) is 15.0. The predicted molar refractivity (Wildman–Crippen MR) is 115 cm³/mol. The first-order valence-electron chi connectivity index (χ1n) is 9.63. The van der Waals surface area contributed by atoms with Crippen LogP contribution in [0, 0.1) is 11.6 Å². The van der Waals surface area contributed by atoms with E-state index in [1.165, 1.54) is 47.7 Å². The van der Waals surface area contributed by atoms with Crippen LogP contribution in [0.1, 0.15) is 33.3 Å². The summed E-state index contributed by atoms with van der Waals surface area (Å²) >= 11 is 1.48. The molecule has 5 nitrogen and oxygen atoms in total. The van der Waals surface area contributed by atoms with Crippen molar-refractivity contribution >= 4 is 28.9 Å². The molecular formula is C23H19F2N3O2S. The van der Waals surface area contributed by atoms with Crippen molar-refractivity contribution in [3.05, 3.63) is 93.7 Å². The minimum absolute atomic E-state index is 0.107. The maximum atomic E-state index is 14.3. The van der Waals surface area contributed by atoms with Crippen molar-refractivity contribution in [3.8, 4) is 0 Å². The number of hydrazone groups is 1. The molecule has 0 spiro atoms. The van der Waals surface area contributed by atoms with Crippen molar-refractivity contribution in [1.29, 1.82) is 0 Å². The molecule has 1 aliphatic rings. The molecule has 158 valence electrons. The van der Waals surface area contributed by atoms with Crippen molar-refractivity contribution < 1.29 is 18.4 Å². The second-order valence-electron chi connectivity index (χ2n) is 7.14. The Kier molecular flexibility index (Phi) is 5.90. The van der Waals surface area contributed by atoms with Crippen LogP contribution in [0.15, 0.2) is 71.1 Å². The van der Waals surface area contributed by atoms with Gasteiger partial charge >= 0.3 is 0 Å². The summed E-state index contributed by atoms with van der Waals surface area (Å²) < 4.78 is 28.3. The van der Waals surface area contributed by atoms with Crippen molar-refractivity contribution in [2.24, 2.45) is 5.10 Å². The van der Waals surface area contributed by atoms with E-state index in [9.17, 15) is 18.4 Å². The van der Waals surface area contributed by atoms with Crippen molar-refractivity contribution in [3.63, 3.8) is 0 Å². The highest BCUT2D eigenvalue weighted by Gasteiger charge is 2.35. The maximum absolute atomic E-state index is 14.3. The number of amides is 2. The third-order valence-corrected chi connectivity index (χ3v) is 6.02. The molecule has 0 N–H and O–H groups in total. The number of carbonyl (C=O) groups is 2. The maximum Gasteiger partial charge on any atom is 0.262 e. The Morgan fingerprint density at radius 2 is 1.77 bits per heavy atom. The van der Waals surface area contributed by atoms with Gasteiger partial charge < -0.3 is 4.90 Å². The molecular weight excluding hydrogens is 420 g/mol. The van der Waals surface area contributed by atoms with Gasteiger partial charge in [-0.25, -0.2) is 13.8 Å². The number of thiophene rings is 1. The SMILES string of the molecule is CN(CC(=O)N1N=C(c2ccccc2F)C[C@H]1c1cccs1)C(=O)c1ccccc1F. The highest BCUT2D eigenvalue weighted by Crippen LogP contribution is 2.35. The standard InChI is InChI=1S/C23H19F2N3O2S/c1-27(23(30)16-8-3-5-10-18(16)25)14-22(29)28-20(21-11-6-12-31-21)13-19(26-28)15-7-2-4-9-17(15)24/h2-12,20H,13-14H2,1H3/t20-/m0/s1. The quantitative estimate of drug-likeness (QED) is 0.589. The summed E-state index contributed by atoms with van der Waals surface area (Å²) in [4.78, 5) is 27.7. The minimum atomic E-state index is -0.649. The molecule has 1 atom stereocenters. The summed E-state index contributed by atoms with van der Waals surface area (Å²) in [7, 11) is 1.43. The van der Waals surface area contributed by atoms with E-state index in [-0.39, 0.29) is 18.2 Å². The van der Waals surface area contributed by atoms with Gasteiger partial charge in [-0.15, -0.1) is 11.3 Å². The first-order valence-corrected chi connectivity index (χ1v) is 10.5. The van der Waals surface area contributed by atoms with Gasteiger partial charge in [0.25, 0.3) is 11.8 Å². The molecule has 4 rings (SSSR count). The molecule has 0 saturated carbocycles. The van der Waals surface area contributed by atoms with E-state index in [0.29, 0.717) is 17.7 Å². The lowest BCUT2D eigenvalue weighted by Gasteiger charge is -2.24. The molecule has 31 heavy (non-hydrogen) atoms. The molecule has 2 amide bonds. The van der Waals surface area contributed by atoms with Crippen LogP contribution >= 0.6 is 11.3 Å². The van der Waals surface area contributed by atoms with Gasteiger partial charge in [0.05, 0.1) is 17.3 Å². The number of likely N-dealkylation sites (N-methyl/N-ethyl adjacent to an activating group) is 1. The van der Waals surface area contributed by atoms with Gasteiger partial charge in [-0.2, -0.15) is 5.10 Å². The Bertz CT molecular complexity index is 1150. The summed E-state index contributed by atoms with van der Waals surface area (Å²) in [5.41, 5.74) is 0.702. The molecule has 0 unspecified atom stereocenters. The zero-order valence-corrected chi connectivity index (χ0v) is 17.5. The van der Waals surface area contributed by atoms with Crippen molar-refractivity contribution in [2.75, 3.05) is 13.6 Å². The van der Waals surface area contributed by atoms with E-state index in [0.717, 1.165) is 9.78 Å². The summed E-state index contributed by atoms with van der Waals surface area (Å²) in [5, 5.41) is 7.61. The summed E-state index contributed by atoms with van der Waals surface area (Å²) in [5.74, 6) is -2.09. The number of carbonyl (C=O) groups excluding carboxylic acids is 2. The van der Waals surface area contributed by atoms with Crippen LogP contribution in [-0.2, 0) is 4.79 Å². The Morgan fingerprint density at radius 1 is 1.06 bits per heavy atom. The molecule has 2 aromatic carbocycles. The Labute approximate surface area is 182 Å². The Balaban J connectivity index is 1.58. The van der Waals surface area contributed by atoms with E-state index in [1.54, 1.807) is 24.3 Å². The number of benzene rings is 2. The predicted octanol–water partition coefficient (Wildman–Crippen LogP) is 4.48. The fourth-order valence-electron chi connectivity index (χ4n) is 3.49. The van der Waals surface area contributed by atoms with Crippen LogP contribution in [0.2, 0.25) is 0 Å². The normalized spacial score (nSPS) is 15.6. The highest BCUT2D eigenvalue weighted by atomic mass is 32.1. The monoisotopic (exact) mass is 439 g/mol. The van der Waals surface area contributed by atoms with Gasteiger partial charge in [0.1, 0.15) is 18.2 Å². The Hall–Kier alpha value is -3.39. The summed E-state index contributed by atoms with van der Waals surface area (Å²) in [6, 6.07) is 15.3.